The van der Waals surface area contributed by atoms with Gasteiger partial charge in [-0.3, -0.25) is 4.68 Å². The lowest BCUT2D eigenvalue weighted by Crippen LogP contribution is -1.88. The Morgan fingerprint density at radius 2 is 2.31 bits per heavy atom. The maximum atomic E-state index is 13.6. The zero-order valence-electron chi connectivity index (χ0n) is 8.81. The van der Waals surface area contributed by atoms with Crippen LogP contribution in [0.4, 0.5) is 4.39 Å². The summed E-state index contributed by atoms with van der Waals surface area (Å²) in [6, 6.07) is 6.74. The molecule has 0 spiro atoms. The molecule has 2 rings (SSSR count). The molecule has 0 atom stereocenters. The zero-order chi connectivity index (χ0) is 11.5. The van der Waals surface area contributed by atoms with E-state index in [2.05, 4.69) is 5.10 Å². The van der Waals surface area contributed by atoms with E-state index >= 15 is 0 Å². The monoisotopic (exact) mass is 215 g/mol. The number of aryl methyl sites for hydroxylation is 1. The molecule has 0 aliphatic rings. The Hall–Kier alpha value is -2.15. The molecule has 2 aromatic rings. The smallest absolute Gasteiger partial charge is 0.131 e. The molecule has 1 aromatic carbocycles. The highest BCUT2D eigenvalue weighted by Gasteiger charge is 2.07. The lowest BCUT2D eigenvalue weighted by molar-refractivity contribution is 0.630. The van der Waals surface area contributed by atoms with Gasteiger partial charge < -0.3 is 0 Å². The van der Waals surface area contributed by atoms with Crippen LogP contribution in [0.3, 0.4) is 0 Å². The summed E-state index contributed by atoms with van der Waals surface area (Å²) >= 11 is 0. The van der Waals surface area contributed by atoms with Crippen LogP contribution in [-0.2, 0) is 13.5 Å². The van der Waals surface area contributed by atoms with E-state index in [1.54, 1.807) is 36.3 Å². The minimum Gasteiger partial charge on any atom is -0.275 e. The maximum Gasteiger partial charge on any atom is 0.131 e. The molecule has 3 nitrogen and oxygen atoms in total. The van der Waals surface area contributed by atoms with E-state index in [4.69, 9.17) is 5.26 Å². The van der Waals surface area contributed by atoms with Crippen LogP contribution in [-0.4, -0.2) is 9.78 Å². The summed E-state index contributed by atoms with van der Waals surface area (Å²) in [7, 11) is 1.78. The number of hydrogen-bond donors (Lipinski definition) is 0. The summed E-state index contributed by atoms with van der Waals surface area (Å²) in [6.45, 7) is 0. The highest BCUT2D eigenvalue weighted by atomic mass is 19.1. The third-order valence-corrected chi connectivity index (χ3v) is 2.33. The van der Waals surface area contributed by atoms with Crippen LogP contribution in [0.1, 0.15) is 5.56 Å². The van der Waals surface area contributed by atoms with Crippen molar-refractivity contribution in [3.8, 4) is 17.2 Å². The number of hydrogen-bond acceptors (Lipinski definition) is 2. The summed E-state index contributed by atoms with van der Waals surface area (Å²) < 4.78 is 15.2. The van der Waals surface area contributed by atoms with E-state index in [0.717, 1.165) is 11.1 Å². The van der Waals surface area contributed by atoms with Crippen LogP contribution in [0, 0.1) is 17.1 Å². The highest BCUT2D eigenvalue weighted by Crippen LogP contribution is 2.23. The number of benzene rings is 1. The fraction of sp³-hybridized carbons (Fsp3) is 0.167. The molecule has 0 amide bonds. The topological polar surface area (TPSA) is 41.6 Å². The average Bonchev–Trinajstić information content (AvgIpc) is 2.68. The Kier molecular flexibility index (Phi) is 2.69. The SMILES string of the molecule is Cn1cc(-c2cc(CC#N)ccc2F)cn1. The van der Waals surface area contributed by atoms with Crippen molar-refractivity contribution < 1.29 is 4.39 Å². The van der Waals surface area contributed by atoms with E-state index in [1.165, 1.54) is 6.07 Å². The van der Waals surface area contributed by atoms with Gasteiger partial charge in [-0.2, -0.15) is 10.4 Å². The first-order chi connectivity index (χ1) is 7.70. The van der Waals surface area contributed by atoms with Crippen molar-refractivity contribution in [2.24, 2.45) is 7.05 Å². The molecule has 0 radical (unpaired) electrons. The summed E-state index contributed by atoms with van der Waals surface area (Å²) in [5, 5.41) is 12.6. The van der Waals surface area contributed by atoms with Gasteiger partial charge in [0, 0.05) is 24.4 Å². The van der Waals surface area contributed by atoms with Gasteiger partial charge in [-0.15, -0.1) is 0 Å². The molecular weight excluding hydrogens is 205 g/mol. The van der Waals surface area contributed by atoms with E-state index in [0.29, 0.717) is 5.56 Å². The normalized spacial score (nSPS) is 10.1. The Labute approximate surface area is 92.7 Å². The van der Waals surface area contributed by atoms with E-state index < -0.39 is 0 Å². The van der Waals surface area contributed by atoms with Crippen LogP contribution < -0.4 is 0 Å². The third kappa shape index (κ3) is 1.94. The van der Waals surface area contributed by atoms with Crippen LogP contribution in [0.15, 0.2) is 30.6 Å². The summed E-state index contributed by atoms with van der Waals surface area (Å²) in [6.07, 6.45) is 3.64. The molecule has 0 aliphatic carbocycles. The first-order valence-electron chi connectivity index (χ1n) is 4.85. The molecule has 1 heterocycles. The molecule has 0 bridgehead atoms. The zero-order valence-corrected chi connectivity index (χ0v) is 8.81. The second kappa shape index (κ2) is 4.15. The van der Waals surface area contributed by atoms with Crippen molar-refractivity contribution in [1.82, 2.24) is 9.78 Å². The fourth-order valence-electron chi connectivity index (χ4n) is 1.56. The van der Waals surface area contributed by atoms with E-state index in [9.17, 15) is 4.39 Å². The Morgan fingerprint density at radius 3 is 2.94 bits per heavy atom. The summed E-state index contributed by atoms with van der Waals surface area (Å²) in [5.41, 5.74) is 2.02. The maximum absolute atomic E-state index is 13.6. The average molecular weight is 215 g/mol. The predicted octanol–water partition coefficient (Wildman–Crippen LogP) is 2.29. The Morgan fingerprint density at radius 1 is 1.50 bits per heavy atom. The minimum atomic E-state index is -0.297. The standard InChI is InChI=1S/C12H10FN3/c1-16-8-10(7-15-16)11-6-9(4-5-14)2-3-12(11)13/h2-3,6-8H,4H2,1H3. The van der Waals surface area contributed by atoms with Gasteiger partial charge in [0.25, 0.3) is 0 Å². The van der Waals surface area contributed by atoms with Crippen molar-refractivity contribution in [2.75, 3.05) is 0 Å². The first-order valence-corrected chi connectivity index (χ1v) is 4.85. The molecule has 4 heteroatoms. The van der Waals surface area contributed by atoms with Crippen molar-refractivity contribution in [3.05, 3.63) is 42.0 Å². The Balaban J connectivity index is 2.47. The highest BCUT2D eigenvalue weighted by molar-refractivity contribution is 5.63. The second-order valence-electron chi connectivity index (χ2n) is 3.55. The molecule has 80 valence electrons. The van der Waals surface area contributed by atoms with Crippen molar-refractivity contribution in [3.63, 3.8) is 0 Å². The first kappa shape index (κ1) is 10.4. The molecule has 0 aliphatic heterocycles. The van der Waals surface area contributed by atoms with Gasteiger partial charge in [0.05, 0.1) is 18.7 Å². The molecule has 0 fully saturated rings. The second-order valence-corrected chi connectivity index (χ2v) is 3.55. The Bertz CT molecular complexity index is 552. The third-order valence-electron chi connectivity index (χ3n) is 2.33. The molecule has 0 N–H and O–H groups in total. The van der Waals surface area contributed by atoms with E-state index in [1.807, 2.05) is 6.07 Å². The molecular formula is C12H10FN3. The minimum absolute atomic E-state index is 0.285. The largest absolute Gasteiger partial charge is 0.275 e. The number of nitriles is 1. The van der Waals surface area contributed by atoms with E-state index in [-0.39, 0.29) is 12.2 Å². The summed E-state index contributed by atoms with van der Waals surface area (Å²) in [4.78, 5) is 0. The van der Waals surface area contributed by atoms with Crippen molar-refractivity contribution >= 4 is 0 Å². The van der Waals surface area contributed by atoms with Gasteiger partial charge >= 0.3 is 0 Å². The quantitative estimate of drug-likeness (QED) is 0.771. The van der Waals surface area contributed by atoms with Gasteiger partial charge in [-0.25, -0.2) is 4.39 Å². The van der Waals surface area contributed by atoms with Crippen molar-refractivity contribution in [2.45, 2.75) is 6.42 Å². The predicted molar refractivity (Wildman–Crippen MR) is 57.9 cm³/mol. The number of nitrogens with zero attached hydrogens (tertiary/aromatic N) is 3. The lowest BCUT2D eigenvalue weighted by Gasteiger charge is -2.02. The molecule has 1 aromatic heterocycles. The van der Waals surface area contributed by atoms with Gasteiger partial charge in [0.2, 0.25) is 0 Å². The number of aromatic nitrogens is 2. The van der Waals surface area contributed by atoms with Gasteiger partial charge in [0.1, 0.15) is 5.82 Å². The van der Waals surface area contributed by atoms with Crippen LogP contribution in [0.2, 0.25) is 0 Å². The molecule has 0 saturated heterocycles. The van der Waals surface area contributed by atoms with Gasteiger partial charge in [-0.1, -0.05) is 6.07 Å². The van der Waals surface area contributed by atoms with Gasteiger partial charge in [0.15, 0.2) is 0 Å². The summed E-state index contributed by atoms with van der Waals surface area (Å²) in [5.74, 6) is -0.297. The molecule has 16 heavy (non-hydrogen) atoms. The molecule has 0 saturated carbocycles. The number of halogens is 1. The van der Waals surface area contributed by atoms with Crippen LogP contribution in [0.25, 0.3) is 11.1 Å². The van der Waals surface area contributed by atoms with Crippen LogP contribution in [0.5, 0.6) is 0 Å². The number of rotatable bonds is 2. The van der Waals surface area contributed by atoms with Gasteiger partial charge in [-0.05, 0) is 17.7 Å². The fourth-order valence-corrected chi connectivity index (χ4v) is 1.56. The van der Waals surface area contributed by atoms with Crippen LogP contribution >= 0.6 is 0 Å². The lowest BCUT2D eigenvalue weighted by atomic mass is 10.0. The van der Waals surface area contributed by atoms with Crippen molar-refractivity contribution in [1.29, 1.82) is 5.26 Å². The molecule has 0 unspecified atom stereocenters.